The zero-order valence-corrected chi connectivity index (χ0v) is 5.61. The van der Waals surface area contributed by atoms with Gasteiger partial charge in [-0.25, -0.2) is 0 Å². The minimum Gasteiger partial charge on any atom is -0.144 e. The van der Waals surface area contributed by atoms with Crippen LogP contribution in [0.5, 0.6) is 0 Å². The van der Waals surface area contributed by atoms with Crippen LogP contribution in [0.25, 0.3) is 0 Å². The van der Waals surface area contributed by atoms with E-state index in [0.717, 1.165) is 5.75 Å². The second kappa shape index (κ2) is 5.93. The predicted molar refractivity (Wildman–Crippen MR) is 33.9 cm³/mol. The maximum Gasteiger partial charge on any atom is 0.0680 e. The molecule has 6 heavy (non-hydrogen) atoms. The topological polar surface area (TPSA) is 0 Å². The molecule has 0 heterocycles. The van der Waals surface area contributed by atoms with Crippen LogP contribution in [0.15, 0.2) is 0 Å². The highest BCUT2D eigenvalue weighted by atomic mass is 35.5. The summed E-state index contributed by atoms with van der Waals surface area (Å²) in [5, 5.41) is 0.659. The average Bonchev–Trinajstić information content (AvgIpc) is 1.61. The number of alkyl halides is 2. The first kappa shape index (κ1) is 6.93. The van der Waals surface area contributed by atoms with E-state index in [4.69, 9.17) is 23.2 Å². The van der Waals surface area contributed by atoms with Crippen LogP contribution >= 0.6 is 35.0 Å². The van der Waals surface area contributed by atoms with Crippen molar-refractivity contribution in [3.05, 3.63) is 0 Å². The van der Waals surface area contributed by atoms with E-state index in [-0.39, 0.29) is 0 Å². The van der Waals surface area contributed by atoms with Gasteiger partial charge >= 0.3 is 0 Å². The van der Waals surface area contributed by atoms with Crippen molar-refractivity contribution in [3.63, 3.8) is 0 Å². The van der Waals surface area contributed by atoms with E-state index in [1.807, 2.05) is 0 Å². The van der Waals surface area contributed by atoms with Crippen molar-refractivity contribution in [3.8, 4) is 0 Å². The first-order chi connectivity index (χ1) is 2.91. The zero-order chi connectivity index (χ0) is 4.83. The van der Waals surface area contributed by atoms with Gasteiger partial charge in [-0.3, -0.25) is 0 Å². The molecule has 0 bridgehead atoms. The van der Waals surface area contributed by atoms with Gasteiger partial charge in [0.05, 0.1) is 5.21 Å². The van der Waals surface area contributed by atoms with E-state index in [1.165, 1.54) is 0 Å². The molecule has 0 aromatic carbocycles. The van der Waals surface area contributed by atoms with E-state index in [0.29, 0.717) is 11.1 Å². The molecule has 0 atom stereocenters. The molecule has 0 nitrogen and oxygen atoms in total. The van der Waals surface area contributed by atoms with E-state index in [9.17, 15) is 0 Å². The van der Waals surface area contributed by atoms with Gasteiger partial charge < -0.3 is 0 Å². The smallest absolute Gasteiger partial charge is 0.0680 e. The van der Waals surface area contributed by atoms with E-state index in [1.54, 1.807) is 11.8 Å². The number of hydrogen-bond acceptors (Lipinski definition) is 1. The van der Waals surface area contributed by atoms with Crippen LogP contribution in [0.1, 0.15) is 0 Å². The number of halogens is 2. The molecule has 0 N–H and O–H groups in total. The van der Waals surface area contributed by atoms with Crippen molar-refractivity contribution < 1.29 is 0 Å². The summed E-state index contributed by atoms with van der Waals surface area (Å²) in [4.78, 5) is 0. The lowest BCUT2D eigenvalue weighted by molar-refractivity contribution is 1.54. The van der Waals surface area contributed by atoms with Crippen molar-refractivity contribution in [1.82, 2.24) is 0 Å². The van der Waals surface area contributed by atoms with E-state index < -0.39 is 0 Å². The third-order valence-corrected chi connectivity index (χ3v) is 1.82. The van der Waals surface area contributed by atoms with Crippen LogP contribution in [0.2, 0.25) is 0 Å². The van der Waals surface area contributed by atoms with E-state index >= 15 is 0 Å². The third kappa shape index (κ3) is 4.93. The molecule has 0 unspecified atom stereocenters. The molecule has 0 saturated carbocycles. The van der Waals surface area contributed by atoms with Crippen molar-refractivity contribution in [2.24, 2.45) is 0 Å². The molecule has 0 amide bonds. The lowest BCUT2D eigenvalue weighted by atomic mass is 11.0. The van der Waals surface area contributed by atoms with Gasteiger partial charge in [0.25, 0.3) is 0 Å². The normalized spacial score (nSPS) is 9.00. The molecule has 0 aromatic heterocycles. The Balaban J connectivity index is 2.34. The highest BCUT2D eigenvalue weighted by Gasteiger charge is 1.77. The fourth-order valence-corrected chi connectivity index (χ4v) is 0.982. The summed E-state index contributed by atoms with van der Waals surface area (Å²) in [6.45, 7) is 0. The third-order valence-electron chi connectivity index (χ3n) is 0.299. The zero-order valence-electron chi connectivity index (χ0n) is 3.29. The Morgan fingerprint density at radius 3 is 2.17 bits per heavy atom. The molecule has 0 saturated heterocycles. The molecule has 0 aliphatic heterocycles. The highest BCUT2D eigenvalue weighted by Crippen LogP contribution is 2.00. The first-order valence-corrected chi connectivity index (χ1v) is 3.84. The number of hydrogen-bond donors (Lipinski definition) is 0. The second-order valence-electron chi connectivity index (χ2n) is 0.706. The maximum atomic E-state index is 5.30. The molecule has 0 aliphatic rings. The second-order valence-corrected chi connectivity index (χ2v) is 2.77. The first-order valence-electron chi connectivity index (χ1n) is 1.61. The van der Waals surface area contributed by atoms with Crippen molar-refractivity contribution >= 4 is 35.0 Å². The predicted octanol–water partition coefficient (Wildman–Crippen LogP) is 2.15. The fourth-order valence-electron chi connectivity index (χ4n) is 0.109. The average molecular weight is 145 g/mol. The fraction of sp³-hybridized carbons (Fsp3) is 1.00. The monoisotopic (exact) mass is 144 g/mol. The van der Waals surface area contributed by atoms with Crippen LogP contribution < -0.4 is 0 Å². The number of rotatable bonds is 3. The molecule has 0 aliphatic carbocycles. The van der Waals surface area contributed by atoms with Gasteiger partial charge in [-0.1, -0.05) is 0 Å². The summed E-state index contributed by atoms with van der Waals surface area (Å²) >= 11 is 12.2. The summed E-state index contributed by atoms with van der Waals surface area (Å²) in [7, 11) is 0. The summed E-state index contributed by atoms with van der Waals surface area (Å²) < 4.78 is 0. The Bertz CT molecular complexity index is 20.8. The van der Waals surface area contributed by atoms with E-state index in [2.05, 4.69) is 0 Å². The summed E-state index contributed by atoms with van der Waals surface area (Å²) in [5.74, 6) is 1.67. The van der Waals surface area contributed by atoms with Gasteiger partial charge in [0.15, 0.2) is 0 Å². The molecule has 0 rings (SSSR count). The molecule has 0 spiro atoms. The van der Waals surface area contributed by atoms with Crippen molar-refractivity contribution in [2.45, 2.75) is 0 Å². The summed E-state index contributed by atoms with van der Waals surface area (Å²) in [6.07, 6.45) is 0. The molecule has 38 valence electrons. The standard InChI is InChI=1S/C3H6Cl2S/c4-1-2-6-3-5/h1-3H2. The molecule has 0 fully saturated rings. The number of thioether (sulfide) groups is 1. The van der Waals surface area contributed by atoms with Gasteiger partial charge in [0.1, 0.15) is 0 Å². The Labute approximate surface area is 52.2 Å². The van der Waals surface area contributed by atoms with Gasteiger partial charge in [0, 0.05) is 11.6 Å². The van der Waals surface area contributed by atoms with Crippen LogP contribution in [0.3, 0.4) is 0 Å². The Morgan fingerprint density at radius 1 is 1.33 bits per heavy atom. The summed E-state index contributed by atoms with van der Waals surface area (Å²) in [5.41, 5.74) is 0. The Morgan fingerprint density at radius 2 is 2.00 bits per heavy atom. The van der Waals surface area contributed by atoms with Crippen LogP contribution in [-0.4, -0.2) is 16.8 Å². The Hall–Kier alpha value is 0.930. The SMILES string of the molecule is ClCCSCCl. The lowest BCUT2D eigenvalue weighted by Gasteiger charge is -1.84. The quantitative estimate of drug-likeness (QED) is 0.433. The molecular formula is C3H6Cl2S. The van der Waals surface area contributed by atoms with Gasteiger partial charge in [-0.05, 0) is 0 Å². The summed E-state index contributed by atoms with van der Waals surface area (Å²) in [6, 6.07) is 0. The van der Waals surface area contributed by atoms with Crippen LogP contribution in [-0.2, 0) is 0 Å². The maximum absolute atomic E-state index is 5.30. The lowest BCUT2D eigenvalue weighted by Crippen LogP contribution is -1.75. The van der Waals surface area contributed by atoms with Gasteiger partial charge in [-0.2, -0.15) is 0 Å². The molecule has 0 radical (unpaired) electrons. The molecule has 3 heteroatoms. The van der Waals surface area contributed by atoms with Crippen molar-refractivity contribution in [2.75, 3.05) is 16.8 Å². The Kier molecular flexibility index (Phi) is 6.85. The van der Waals surface area contributed by atoms with Gasteiger partial charge in [-0.15, -0.1) is 35.0 Å². The minimum absolute atomic E-state index is 0.659. The van der Waals surface area contributed by atoms with Crippen LogP contribution in [0.4, 0.5) is 0 Å². The minimum atomic E-state index is 0.659. The van der Waals surface area contributed by atoms with Gasteiger partial charge in [0.2, 0.25) is 0 Å². The largest absolute Gasteiger partial charge is 0.144 e. The molecule has 0 aromatic rings. The molecular weight excluding hydrogens is 139 g/mol. The van der Waals surface area contributed by atoms with Crippen molar-refractivity contribution in [1.29, 1.82) is 0 Å². The van der Waals surface area contributed by atoms with Crippen LogP contribution in [0, 0.1) is 0 Å². The highest BCUT2D eigenvalue weighted by molar-refractivity contribution is 8.00.